The number of carbonyl (C=O) groups is 2. The zero-order valence-electron chi connectivity index (χ0n) is 13.2. The second-order valence-corrected chi connectivity index (χ2v) is 5.91. The van der Waals surface area contributed by atoms with E-state index < -0.39 is 11.7 Å². The number of primary amides is 1. The highest BCUT2D eigenvalue weighted by atomic mass is 19.1. The molecule has 1 aromatic carbocycles. The van der Waals surface area contributed by atoms with Crippen LogP contribution in [0.25, 0.3) is 0 Å². The molecule has 1 heterocycles. The highest BCUT2D eigenvalue weighted by Crippen LogP contribution is 2.41. The molecule has 2 amide bonds. The van der Waals surface area contributed by atoms with Crippen molar-refractivity contribution in [1.29, 1.82) is 0 Å². The van der Waals surface area contributed by atoms with Crippen molar-refractivity contribution in [1.82, 2.24) is 5.32 Å². The summed E-state index contributed by atoms with van der Waals surface area (Å²) in [5.74, 6) is -0.695. The summed E-state index contributed by atoms with van der Waals surface area (Å²) < 4.78 is 13.7. The first-order chi connectivity index (χ1) is 11.4. The molecule has 8 heteroatoms. The van der Waals surface area contributed by atoms with E-state index in [1.54, 1.807) is 6.92 Å². The Labute approximate surface area is 138 Å². The first kappa shape index (κ1) is 16.0. The minimum atomic E-state index is -0.762. The molecule has 126 valence electrons. The normalized spacial score (nSPS) is 17.8. The van der Waals surface area contributed by atoms with Crippen LogP contribution in [0, 0.1) is 11.7 Å². The number of nitrogens with zero attached hydrogens (tertiary/aromatic N) is 2. The molecule has 1 aliphatic carbocycles. The summed E-state index contributed by atoms with van der Waals surface area (Å²) in [6, 6.07) is 2.32. The summed E-state index contributed by atoms with van der Waals surface area (Å²) in [6.45, 7) is 5.62. The Hall–Kier alpha value is -2.90. The number of hydrogen-bond acceptors (Lipinski definition) is 5. The van der Waals surface area contributed by atoms with Gasteiger partial charge >= 0.3 is 0 Å². The Morgan fingerprint density at radius 3 is 2.79 bits per heavy atom. The molecule has 0 atom stereocenters. The van der Waals surface area contributed by atoms with E-state index in [4.69, 9.17) is 5.73 Å². The third-order valence-corrected chi connectivity index (χ3v) is 4.04. The number of rotatable bonds is 5. The molecule has 1 saturated carbocycles. The molecule has 0 spiro atoms. The van der Waals surface area contributed by atoms with E-state index in [2.05, 4.69) is 22.5 Å². The van der Waals surface area contributed by atoms with Crippen LogP contribution in [0.4, 0.5) is 15.8 Å². The van der Waals surface area contributed by atoms with Gasteiger partial charge in [-0.3, -0.25) is 9.59 Å². The van der Waals surface area contributed by atoms with Gasteiger partial charge in [-0.2, -0.15) is 5.10 Å². The summed E-state index contributed by atoms with van der Waals surface area (Å²) in [4.78, 5) is 23.4. The van der Waals surface area contributed by atoms with Gasteiger partial charge in [0, 0.05) is 19.2 Å². The molecule has 24 heavy (non-hydrogen) atoms. The minimum absolute atomic E-state index is 0.00900. The smallest absolute Gasteiger partial charge is 0.251 e. The molecular formula is C16H18FN5O2. The summed E-state index contributed by atoms with van der Waals surface area (Å²) in [6.07, 6.45) is 1.85. The number of hydrazone groups is 1. The average Bonchev–Trinajstić information content (AvgIpc) is 3.32. The van der Waals surface area contributed by atoms with E-state index in [-0.39, 0.29) is 17.4 Å². The zero-order valence-corrected chi connectivity index (χ0v) is 13.2. The van der Waals surface area contributed by atoms with Crippen molar-refractivity contribution in [3.05, 3.63) is 34.9 Å². The molecule has 1 aliphatic heterocycles. The molecule has 0 aromatic heterocycles. The van der Waals surface area contributed by atoms with Crippen molar-refractivity contribution >= 4 is 29.9 Å². The fraction of sp³-hybridized carbons (Fsp3) is 0.312. The number of hydrogen-bond donors (Lipinski definition) is 3. The average molecular weight is 331 g/mol. The Morgan fingerprint density at radius 1 is 1.50 bits per heavy atom. The number of carbonyl (C=O) groups excluding carboxylic acids is 2. The van der Waals surface area contributed by atoms with E-state index in [9.17, 15) is 14.0 Å². The van der Waals surface area contributed by atoms with Gasteiger partial charge in [0.25, 0.3) is 5.91 Å². The van der Waals surface area contributed by atoms with Crippen LogP contribution in [-0.2, 0) is 4.79 Å². The summed E-state index contributed by atoms with van der Waals surface area (Å²) in [5.41, 5.74) is 6.84. The topological polar surface area (TPSA) is 99.8 Å². The van der Waals surface area contributed by atoms with Gasteiger partial charge in [-0.1, -0.05) is 0 Å². The predicted molar refractivity (Wildman–Crippen MR) is 89.0 cm³/mol. The van der Waals surface area contributed by atoms with Crippen molar-refractivity contribution in [3.63, 3.8) is 0 Å². The standard InChI is InChI=1S/C16H18FN5O2/c1-8(7-20-16(24)9-3-4-9)15-21-12-6-10(17)5-11(14(18)23)13(12)22(15)19-2/h5-6,9,21H,2-4,7H2,1H3,(H2,18,23)(H,20,24)/b15-8+. The largest absolute Gasteiger partial charge is 0.366 e. The predicted octanol–water partition coefficient (Wildman–Crippen LogP) is 1.53. The molecule has 2 aliphatic rings. The summed E-state index contributed by atoms with van der Waals surface area (Å²) in [7, 11) is 0. The number of benzene rings is 1. The van der Waals surface area contributed by atoms with Crippen LogP contribution >= 0.6 is 0 Å². The molecular weight excluding hydrogens is 313 g/mol. The van der Waals surface area contributed by atoms with Crippen molar-refractivity contribution in [2.75, 3.05) is 16.9 Å². The fourth-order valence-electron chi connectivity index (χ4n) is 2.63. The molecule has 1 aromatic rings. The third-order valence-electron chi connectivity index (χ3n) is 4.04. The Morgan fingerprint density at radius 2 is 2.21 bits per heavy atom. The van der Waals surface area contributed by atoms with Gasteiger partial charge in [-0.15, -0.1) is 0 Å². The number of halogens is 1. The van der Waals surface area contributed by atoms with Crippen molar-refractivity contribution in [2.45, 2.75) is 19.8 Å². The monoisotopic (exact) mass is 331 g/mol. The Balaban J connectivity index is 1.91. The first-order valence-electron chi connectivity index (χ1n) is 7.57. The van der Waals surface area contributed by atoms with Crippen LogP contribution < -0.4 is 21.4 Å². The third kappa shape index (κ3) is 2.82. The molecule has 1 fully saturated rings. The Kier molecular flexibility index (Phi) is 3.96. The lowest BCUT2D eigenvalue weighted by Crippen LogP contribution is -2.29. The molecule has 7 nitrogen and oxygen atoms in total. The lowest BCUT2D eigenvalue weighted by atomic mass is 10.1. The number of amides is 2. The summed E-state index contributed by atoms with van der Waals surface area (Å²) >= 11 is 0. The van der Waals surface area contributed by atoms with Gasteiger partial charge in [0.2, 0.25) is 5.91 Å². The van der Waals surface area contributed by atoms with Gasteiger partial charge in [-0.05, 0) is 37.5 Å². The lowest BCUT2D eigenvalue weighted by Gasteiger charge is -2.17. The molecule has 4 N–H and O–H groups in total. The van der Waals surface area contributed by atoms with Crippen molar-refractivity contribution in [2.24, 2.45) is 16.8 Å². The van der Waals surface area contributed by atoms with Gasteiger partial charge in [0.05, 0.1) is 11.3 Å². The number of nitrogens with two attached hydrogens (primary N) is 1. The van der Waals surface area contributed by atoms with Crippen LogP contribution in [0.1, 0.15) is 30.1 Å². The zero-order chi connectivity index (χ0) is 17.4. The van der Waals surface area contributed by atoms with Crippen LogP contribution in [-0.4, -0.2) is 25.1 Å². The maximum absolute atomic E-state index is 13.7. The molecule has 0 unspecified atom stereocenters. The van der Waals surface area contributed by atoms with Crippen LogP contribution in [0.2, 0.25) is 0 Å². The van der Waals surface area contributed by atoms with Crippen LogP contribution in [0.15, 0.2) is 28.6 Å². The minimum Gasteiger partial charge on any atom is -0.366 e. The van der Waals surface area contributed by atoms with E-state index in [1.807, 2.05) is 0 Å². The van der Waals surface area contributed by atoms with E-state index in [1.165, 1.54) is 11.1 Å². The van der Waals surface area contributed by atoms with Crippen LogP contribution in [0.3, 0.4) is 0 Å². The number of anilines is 2. The summed E-state index contributed by atoms with van der Waals surface area (Å²) in [5, 5.41) is 11.2. The van der Waals surface area contributed by atoms with Gasteiger partial charge in [0.15, 0.2) is 0 Å². The SMILES string of the molecule is C=NN1/C(=C(\C)CNC(=O)C2CC2)Nc2cc(F)cc(C(N)=O)c21. The van der Waals surface area contributed by atoms with Gasteiger partial charge < -0.3 is 16.4 Å². The quantitative estimate of drug-likeness (QED) is 0.712. The molecule has 0 saturated heterocycles. The first-order valence-corrected chi connectivity index (χ1v) is 7.57. The maximum Gasteiger partial charge on any atom is 0.251 e. The second kappa shape index (κ2) is 5.95. The van der Waals surface area contributed by atoms with E-state index >= 15 is 0 Å². The fourth-order valence-corrected chi connectivity index (χ4v) is 2.63. The van der Waals surface area contributed by atoms with E-state index in [0.717, 1.165) is 24.5 Å². The molecule has 0 radical (unpaired) electrons. The van der Waals surface area contributed by atoms with Crippen molar-refractivity contribution < 1.29 is 14.0 Å². The highest BCUT2D eigenvalue weighted by molar-refractivity contribution is 6.04. The molecule has 0 bridgehead atoms. The highest BCUT2D eigenvalue weighted by Gasteiger charge is 2.32. The van der Waals surface area contributed by atoms with Gasteiger partial charge in [0.1, 0.15) is 17.3 Å². The second-order valence-electron chi connectivity index (χ2n) is 5.91. The van der Waals surface area contributed by atoms with Crippen molar-refractivity contribution in [3.8, 4) is 0 Å². The Bertz CT molecular complexity index is 770. The maximum atomic E-state index is 13.7. The molecule has 3 rings (SSSR count). The number of fused-ring (bicyclic) bond motifs is 1. The number of nitrogens with one attached hydrogen (secondary N) is 2. The van der Waals surface area contributed by atoms with Gasteiger partial charge in [-0.25, -0.2) is 9.40 Å². The van der Waals surface area contributed by atoms with Crippen LogP contribution in [0.5, 0.6) is 0 Å². The lowest BCUT2D eigenvalue weighted by molar-refractivity contribution is -0.122. The van der Waals surface area contributed by atoms with E-state index in [0.29, 0.717) is 23.7 Å².